The molecule has 0 aliphatic carbocycles. The average Bonchev–Trinajstić information content (AvgIpc) is 2.38. The number of rotatable bonds is 10. The first-order valence-electron chi connectivity index (χ1n) is 8.13. The minimum atomic E-state index is -1.03. The zero-order valence-electron chi connectivity index (χ0n) is 14.4. The maximum Gasteiger partial charge on any atom is 0.408 e. The van der Waals surface area contributed by atoms with Gasteiger partial charge in [0, 0.05) is 0 Å². The van der Waals surface area contributed by atoms with Crippen LogP contribution in [0.2, 0.25) is 0 Å². The van der Waals surface area contributed by atoms with Crippen LogP contribution in [0.15, 0.2) is 12.2 Å². The number of hydrogen-bond acceptors (Lipinski definition) is 3. The third-order valence-corrected chi connectivity index (χ3v) is 2.99. The highest BCUT2D eigenvalue weighted by atomic mass is 16.6. The van der Waals surface area contributed by atoms with E-state index >= 15 is 0 Å². The first kappa shape index (κ1) is 20.5. The summed E-state index contributed by atoms with van der Waals surface area (Å²) >= 11 is 0. The molecule has 0 bridgehead atoms. The van der Waals surface area contributed by atoms with E-state index in [0.29, 0.717) is 6.42 Å². The van der Waals surface area contributed by atoms with Gasteiger partial charge < -0.3 is 15.2 Å². The van der Waals surface area contributed by atoms with E-state index in [-0.39, 0.29) is 0 Å². The van der Waals surface area contributed by atoms with Crippen LogP contribution in [0.25, 0.3) is 0 Å². The van der Waals surface area contributed by atoms with E-state index in [1.807, 2.05) is 0 Å². The number of carboxylic acid groups (broad SMARTS) is 1. The third-order valence-electron chi connectivity index (χ3n) is 2.99. The van der Waals surface area contributed by atoms with Crippen LogP contribution in [0.4, 0.5) is 4.79 Å². The molecule has 0 aliphatic heterocycles. The van der Waals surface area contributed by atoms with Gasteiger partial charge in [0.1, 0.15) is 11.6 Å². The largest absolute Gasteiger partial charge is 0.480 e. The van der Waals surface area contributed by atoms with Crippen molar-refractivity contribution in [2.24, 2.45) is 0 Å². The minimum Gasteiger partial charge on any atom is -0.480 e. The van der Waals surface area contributed by atoms with Crippen molar-refractivity contribution in [2.45, 2.75) is 84.3 Å². The summed E-state index contributed by atoms with van der Waals surface area (Å²) in [6.45, 7) is 7.40. The van der Waals surface area contributed by atoms with Crippen molar-refractivity contribution in [1.82, 2.24) is 5.32 Å². The first-order valence-corrected chi connectivity index (χ1v) is 8.13. The highest BCUT2D eigenvalue weighted by Gasteiger charge is 2.23. The van der Waals surface area contributed by atoms with Crippen LogP contribution in [-0.2, 0) is 9.53 Å². The Morgan fingerprint density at radius 3 is 2.23 bits per heavy atom. The molecule has 5 heteroatoms. The normalized spacial score (nSPS) is 13.1. The number of amides is 1. The van der Waals surface area contributed by atoms with E-state index < -0.39 is 23.7 Å². The second kappa shape index (κ2) is 11.1. The van der Waals surface area contributed by atoms with Crippen LogP contribution >= 0.6 is 0 Å². The number of allylic oxidation sites excluding steroid dienone is 2. The van der Waals surface area contributed by atoms with Crippen LogP contribution in [0.1, 0.15) is 72.6 Å². The zero-order valence-corrected chi connectivity index (χ0v) is 14.4. The molecule has 22 heavy (non-hydrogen) atoms. The third kappa shape index (κ3) is 12.2. The number of unbranched alkanes of at least 4 members (excludes halogenated alkanes) is 4. The van der Waals surface area contributed by atoms with Gasteiger partial charge in [-0.3, -0.25) is 0 Å². The fraction of sp³-hybridized carbons (Fsp3) is 0.765. The van der Waals surface area contributed by atoms with Gasteiger partial charge in [-0.25, -0.2) is 9.59 Å². The van der Waals surface area contributed by atoms with E-state index in [2.05, 4.69) is 24.4 Å². The van der Waals surface area contributed by atoms with E-state index in [4.69, 9.17) is 9.84 Å². The second-order valence-corrected chi connectivity index (χ2v) is 6.44. The molecule has 0 aromatic heterocycles. The molecule has 0 aromatic carbocycles. The summed E-state index contributed by atoms with van der Waals surface area (Å²) in [6.07, 6.45) is 10.2. The molecule has 1 atom stereocenters. The number of ether oxygens (including phenoxy) is 1. The summed E-state index contributed by atoms with van der Waals surface area (Å²) in [4.78, 5) is 22.7. The molecule has 2 N–H and O–H groups in total. The summed E-state index contributed by atoms with van der Waals surface area (Å²) in [5.74, 6) is -1.03. The molecule has 0 unspecified atom stereocenters. The standard InChI is InChI=1S/C17H31NO4/c1-5-6-7-8-9-10-11-12-13-14(15(19)20)18-16(21)22-17(2,3)4/h9-10,14H,5-8,11-13H2,1-4H3,(H,18,21)(H,19,20)/b10-9+/t14-/m1/s1. The summed E-state index contributed by atoms with van der Waals surface area (Å²) in [6, 6.07) is -0.900. The van der Waals surface area contributed by atoms with E-state index in [9.17, 15) is 9.59 Å². The number of nitrogens with one attached hydrogen (secondary N) is 1. The first-order chi connectivity index (χ1) is 10.3. The number of carboxylic acids is 1. The predicted octanol–water partition coefficient (Wildman–Crippen LogP) is 4.27. The molecule has 0 heterocycles. The maximum absolute atomic E-state index is 11.6. The molecule has 0 aliphatic rings. The molecular formula is C17H31NO4. The Labute approximate surface area is 134 Å². The van der Waals surface area contributed by atoms with Gasteiger partial charge >= 0.3 is 12.1 Å². The van der Waals surface area contributed by atoms with Crippen LogP contribution in [0.3, 0.4) is 0 Å². The highest BCUT2D eigenvalue weighted by Crippen LogP contribution is 2.09. The molecule has 5 nitrogen and oxygen atoms in total. The van der Waals surface area contributed by atoms with Gasteiger partial charge in [-0.05, 0) is 52.9 Å². The molecule has 0 aromatic rings. The molecule has 0 fully saturated rings. The summed E-state index contributed by atoms with van der Waals surface area (Å²) in [5.41, 5.74) is -0.631. The highest BCUT2D eigenvalue weighted by molar-refractivity contribution is 5.79. The van der Waals surface area contributed by atoms with E-state index in [1.165, 1.54) is 19.3 Å². The fourth-order valence-electron chi connectivity index (χ4n) is 1.89. The topological polar surface area (TPSA) is 75.6 Å². The van der Waals surface area contributed by atoms with Gasteiger partial charge in [0.05, 0.1) is 0 Å². The maximum atomic E-state index is 11.6. The Hall–Kier alpha value is -1.52. The Kier molecular flexibility index (Phi) is 10.3. The van der Waals surface area contributed by atoms with Crippen molar-refractivity contribution >= 4 is 12.1 Å². The summed E-state index contributed by atoms with van der Waals surface area (Å²) in [5, 5.41) is 11.5. The molecule has 0 saturated heterocycles. The van der Waals surface area contributed by atoms with Gasteiger partial charge in [-0.1, -0.05) is 31.9 Å². The monoisotopic (exact) mass is 313 g/mol. The zero-order chi connectivity index (χ0) is 17.0. The van der Waals surface area contributed by atoms with Gasteiger partial charge in [0.25, 0.3) is 0 Å². The van der Waals surface area contributed by atoms with E-state index in [0.717, 1.165) is 19.3 Å². The van der Waals surface area contributed by atoms with Gasteiger partial charge in [0.2, 0.25) is 0 Å². The molecule has 0 spiro atoms. The number of aliphatic carboxylic acids is 1. The van der Waals surface area contributed by atoms with Crippen LogP contribution in [-0.4, -0.2) is 28.8 Å². The van der Waals surface area contributed by atoms with Gasteiger partial charge in [0.15, 0.2) is 0 Å². The molecular weight excluding hydrogens is 282 g/mol. The second-order valence-electron chi connectivity index (χ2n) is 6.44. The Morgan fingerprint density at radius 1 is 1.14 bits per heavy atom. The van der Waals surface area contributed by atoms with Crippen molar-refractivity contribution in [1.29, 1.82) is 0 Å². The molecule has 0 saturated carbocycles. The van der Waals surface area contributed by atoms with Crippen LogP contribution in [0, 0.1) is 0 Å². The lowest BCUT2D eigenvalue weighted by Crippen LogP contribution is -2.43. The Bertz CT molecular complexity index is 358. The SMILES string of the molecule is CCCCC/C=C/CCC[C@@H](NC(=O)OC(C)(C)C)C(=O)O. The molecule has 128 valence electrons. The fourth-order valence-corrected chi connectivity index (χ4v) is 1.89. The van der Waals surface area contributed by atoms with Crippen LogP contribution in [0.5, 0.6) is 0 Å². The summed E-state index contributed by atoms with van der Waals surface area (Å²) < 4.78 is 5.07. The predicted molar refractivity (Wildman–Crippen MR) is 87.9 cm³/mol. The lowest BCUT2D eigenvalue weighted by atomic mass is 10.1. The quantitative estimate of drug-likeness (QED) is 0.466. The number of hydrogen-bond donors (Lipinski definition) is 2. The Morgan fingerprint density at radius 2 is 1.73 bits per heavy atom. The number of alkyl carbamates (subject to hydrolysis) is 1. The Balaban J connectivity index is 4.01. The van der Waals surface area contributed by atoms with Crippen molar-refractivity contribution in [3.63, 3.8) is 0 Å². The number of carbonyl (C=O) groups is 2. The molecule has 1 amide bonds. The average molecular weight is 313 g/mol. The molecule has 0 radical (unpaired) electrons. The van der Waals surface area contributed by atoms with Crippen molar-refractivity contribution in [3.8, 4) is 0 Å². The smallest absolute Gasteiger partial charge is 0.408 e. The lowest BCUT2D eigenvalue weighted by molar-refractivity contribution is -0.139. The van der Waals surface area contributed by atoms with E-state index in [1.54, 1.807) is 20.8 Å². The van der Waals surface area contributed by atoms with Crippen molar-refractivity contribution in [2.75, 3.05) is 0 Å². The van der Waals surface area contributed by atoms with Gasteiger partial charge in [-0.15, -0.1) is 0 Å². The summed E-state index contributed by atoms with van der Waals surface area (Å²) in [7, 11) is 0. The van der Waals surface area contributed by atoms with Crippen LogP contribution < -0.4 is 5.32 Å². The minimum absolute atomic E-state index is 0.397. The molecule has 0 rings (SSSR count). The number of carbonyl (C=O) groups excluding carboxylic acids is 1. The lowest BCUT2D eigenvalue weighted by Gasteiger charge is -2.21. The van der Waals surface area contributed by atoms with Crippen molar-refractivity contribution in [3.05, 3.63) is 12.2 Å². The van der Waals surface area contributed by atoms with Crippen molar-refractivity contribution < 1.29 is 19.4 Å². The van der Waals surface area contributed by atoms with Gasteiger partial charge in [-0.2, -0.15) is 0 Å².